The number of hydrogen-bond acceptors (Lipinski definition) is 5. The smallest absolute Gasteiger partial charge is 0.311 e. The number of benzene rings is 1. The predicted molar refractivity (Wildman–Crippen MR) is 82.7 cm³/mol. The Bertz CT molecular complexity index is 613. The summed E-state index contributed by atoms with van der Waals surface area (Å²) in [4.78, 5) is 14.6. The first-order chi connectivity index (χ1) is 10.6. The summed E-state index contributed by atoms with van der Waals surface area (Å²) >= 11 is 0. The van der Waals surface area contributed by atoms with E-state index in [2.05, 4.69) is 17.2 Å². The van der Waals surface area contributed by atoms with Crippen LogP contribution in [0.5, 0.6) is 5.75 Å². The Balaban J connectivity index is 1.86. The molecule has 1 heterocycles. The molecule has 22 heavy (non-hydrogen) atoms. The fraction of sp³-hybridized carbons (Fsp3) is 0.400. The number of rotatable bonds is 8. The van der Waals surface area contributed by atoms with Crippen molar-refractivity contribution in [2.75, 3.05) is 13.7 Å². The van der Waals surface area contributed by atoms with Gasteiger partial charge in [0.15, 0.2) is 5.75 Å². The lowest BCUT2D eigenvalue weighted by Gasteiger charge is -2.13. The molecule has 0 spiro atoms. The Morgan fingerprint density at radius 1 is 1.50 bits per heavy atom. The number of nitrogens with zero attached hydrogens (tertiary/aromatic N) is 3. The van der Waals surface area contributed by atoms with Crippen LogP contribution in [0.3, 0.4) is 0 Å². The minimum absolute atomic E-state index is 0.00624. The van der Waals surface area contributed by atoms with Crippen LogP contribution in [-0.4, -0.2) is 28.1 Å². The van der Waals surface area contributed by atoms with E-state index in [0.717, 1.165) is 18.7 Å². The van der Waals surface area contributed by atoms with Gasteiger partial charge in [-0.1, -0.05) is 13.0 Å². The number of aromatic nitrogens is 2. The van der Waals surface area contributed by atoms with Crippen molar-refractivity contribution in [2.45, 2.75) is 20.0 Å². The number of ether oxygens (including phenoxy) is 1. The highest BCUT2D eigenvalue weighted by Crippen LogP contribution is 2.27. The molecule has 7 nitrogen and oxygen atoms in total. The van der Waals surface area contributed by atoms with Gasteiger partial charge in [-0.3, -0.25) is 10.1 Å². The summed E-state index contributed by atoms with van der Waals surface area (Å²) in [6, 6.07) is 5.01. The Morgan fingerprint density at radius 3 is 2.95 bits per heavy atom. The normalized spacial score (nSPS) is 12.1. The van der Waals surface area contributed by atoms with Gasteiger partial charge in [-0.25, -0.2) is 4.98 Å². The van der Waals surface area contributed by atoms with Crippen LogP contribution < -0.4 is 10.1 Å². The van der Waals surface area contributed by atoms with E-state index < -0.39 is 4.92 Å². The third-order valence-corrected chi connectivity index (χ3v) is 3.34. The molecule has 1 aromatic carbocycles. The van der Waals surface area contributed by atoms with Crippen molar-refractivity contribution in [1.29, 1.82) is 0 Å². The van der Waals surface area contributed by atoms with Crippen molar-refractivity contribution >= 4 is 5.69 Å². The first kappa shape index (κ1) is 16.0. The molecule has 0 aliphatic heterocycles. The van der Waals surface area contributed by atoms with E-state index in [-0.39, 0.29) is 11.4 Å². The Labute approximate surface area is 129 Å². The van der Waals surface area contributed by atoms with Gasteiger partial charge >= 0.3 is 5.69 Å². The van der Waals surface area contributed by atoms with Gasteiger partial charge in [0.25, 0.3) is 0 Å². The Hall–Kier alpha value is -2.41. The van der Waals surface area contributed by atoms with E-state index >= 15 is 0 Å². The van der Waals surface area contributed by atoms with Crippen LogP contribution in [0.4, 0.5) is 5.69 Å². The molecular formula is C15H20N4O3. The van der Waals surface area contributed by atoms with Gasteiger partial charge < -0.3 is 14.6 Å². The monoisotopic (exact) mass is 304 g/mol. The van der Waals surface area contributed by atoms with Crippen molar-refractivity contribution in [3.63, 3.8) is 0 Å². The topological polar surface area (TPSA) is 82.2 Å². The van der Waals surface area contributed by atoms with Crippen molar-refractivity contribution in [3.05, 3.63) is 52.6 Å². The average molecular weight is 304 g/mol. The molecule has 1 N–H and O–H groups in total. The van der Waals surface area contributed by atoms with E-state index in [4.69, 9.17) is 4.74 Å². The first-order valence-corrected chi connectivity index (χ1v) is 7.08. The molecule has 0 radical (unpaired) electrons. The SMILES string of the molecule is COc1ccc(CNCC(C)Cn2ccnc2)cc1[N+](=O)[O-]. The molecule has 0 saturated heterocycles. The van der Waals surface area contributed by atoms with Gasteiger partial charge in [-0.05, 0) is 24.1 Å². The Morgan fingerprint density at radius 2 is 2.32 bits per heavy atom. The zero-order chi connectivity index (χ0) is 15.9. The van der Waals surface area contributed by atoms with Crippen LogP contribution in [-0.2, 0) is 13.1 Å². The molecule has 0 amide bonds. The number of imidazole rings is 1. The minimum atomic E-state index is -0.427. The fourth-order valence-corrected chi connectivity index (χ4v) is 2.27. The number of nitro groups is 1. The number of nitro benzene ring substituents is 1. The van der Waals surface area contributed by atoms with Crippen LogP contribution in [0, 0.1) is 16.0 Å². The highest BCUT2D eigenvalue weighted by atomic mass is 16.6. The van der Waals surface area contributed by atoms with Gasteiger partial charge in [0.05, 0.1) is 18.4 Å². The highest BCUT2D eigenvalue weighted by Gasteiger charge is 2.15. The average Bonchev–Trinajstić information content (AvgIpc) is 2.99. The summed E-state index contributed by atoms with van der Waals surface area (Å²) in [5.74, 6) is 0.713. The predicted octanol–water partition coefficient (Wildman–Crippen LogP) is 2.23. The molecule has 2 aromatic rings. The second-order valence-corrected chi connectivity index (χ2v) is 5.26. The standard InChI is InChI=1S/C15H20N4O3/c1-12(10-18-6-5-16-11-18)8-17-9-13-3-4-15(22-2)14(7-13)19(20)21/h3-7,11-12,17H,8-10H2,1-2H3. The number of hydrogen-bond donors (Lipinski definition) is 1. The largest absolute Gasteiger partial charge is 0.490 e. The molecule has 0 fully saturated rings. The van der Waals surface area contributed by atoms with E-state index in [9.17, 15) is 10.1 Å². The summed E-state index contributed by atoms with van der Waals surface area (Å²) in [6.07, 6.45) is 5.49. The molecule has 118 valence electrons. The van der Waals surface area contributed by atoms with E-state index in [0.29, 0.717) is 12.5 Å². The summed E-state index contributed by atoms with van der Waals surface area (Å²) in [7, 11) is 1.43. The van der Waals surface area contributed by atoms with Crippen LogP contribution in [0.15, 0.2) is 36.9 Å². The number of methoxy groups -OCH3 is 1. The van der Waals surface area contributed by atoms with Crippen molar-refractivity contribution in [3.8, 4) is 5.75 Å². The second-order valence-electron chi connectivity index (χ2n) is 5.26. The molecule has 7 heteroatoms. The molecule has 1 atom stereocenters. The third-order valence-electron chi connectivity index (χ3n) is 3.34. The van der Waals surface area contributed by atoms with Gasteiger partial charge in [0.1, 0.15) is 0 Å². The first-order valence-electron chi connectivity index (χ1n) is 7.08. The van der Waals surface area contributed by atoms with Gasteiger partial charge in [-0.15, -0.1) is 0 Å². The molecule has 0 bridgehead atoms. The second kappa shape index (κ2) is 7.56. The molecule has 1 aromatic heterocycles. The minimum Gasteiger partial charge on any atom is -0.490 e. The fourth-order valence-electron chi connectivity index (χ4n) is 2.27. The van der Waals surface area contributed by atoms with Gasteiger partial charge in [0.2, 0.25) is 0 Å². The van der Waals surface area contributed by atoms with E-state index in [1.54, 1.807) is 24.7 Å². The molecule has 0 aliphatic carbocycles. The van der Waals surface area contributed by atoms with Crippen LogP contribution >= 0.6 is 0 Å². The van der Waals surface area contributed by atoms with Crippen LogP contribution in [0.2, 0.25) is 0 Å². The maximum absolute atomic E-state index is 11.0. The molecule has 1 unspecified atom stereocenters. The Kier molecular flexibility index (Phi) is 5.48. The van der Waals surface area contributed by atoms with E-state index in [1.807, 2.05) is 16.8 Å². The lowest BCUT2D eigenvalue weighted by molar-refractivity contribution is -0.385. The number of nitrogens with one attached hydrogen (secondary N) is 1. The molecule has 0 aliphatic rings. The van der Waals surface area contributed by atoms with Crippen LogP contribution in [0.1, 0.15) is 12.5 Å². The lowest BCUT2D eigenvalue weighted by Crippen LogP contribution is -2.23. The molecule has 0 saturated carbocycles. The van der Waals surface area contributed by atoms with Crippen LogP contribution in [0.25, 0.3) is 0 Å². The van der Waals surface area contributed by atoms with Crippen molar-refractivity contribution < 1.29 is 9.66 Å². The molecular weight excluding hydrogens is 284 g/mol. The quantitative estimate of drug-likeness (QED) is 0.597. The zero-order valence-electron chi connectivity index (χ0n) is 12.7. The summed E-state index contributed by atoms with van der Waals surface area (Å²) in [5, 5.41) is 14.3. The highest BCUT2D eigenvalue weighted by molar-refractivity contribution is 5.48. The zero-order valence-corrected chi connectivity index (χ0v) is 12.7. The lowest BCUT2D eigenvalue weighted by atomic mass is 10.1. The maximum Gasteiger partial charge on any atom is 0.311 e. The van der Waals surface area contributed by atoms with Gasteiger partial charge in [0, 0.05) is 31.5 Å². The van der Waals surface area contributed by atoms with E-state index in [1.165, 1.54) is 7.11 Å². The van der Waals surface area contributed by atoms with Gasteiger partial charge in [-0.2, -0.15) is 0 Å². The maximum atomic E-state index is 11.0. The summed E-state index contributed by atoms with van der Waals surface area (Å²) in [6.45, 7) is 4.43. The third kappa shape index (κ3) is 4.29. The summed E-state index contributed by atoms with van der Waals surface area (Å²) < 4.78 is 7.02. The van der Waals surface area contributed by atoms with Crippen molar-refractivity contribution in [1.82, 2.24) is 14.9 Å². The van der Waals surface area contributed by atoms with Crippen molar-refractivity contribution in [2.24, 2.45) is 5.92 Å². The molecule has 2 rings (SSSR count). The summed E-state index contributed by atoms with van der Waals surface area (Å²) in [5.41, 5.74) is 0.857.